The number of benzene rings is 1. The van der Waals surface area contributed by atoms with E-state index < -0.39 is 42.0 Å². The molecule has 1 aliphatic carbocycles. The fraction of sp³-hybridized carbons (Fsp3) is 0.567. The molecule has 3 heterocycles. The standard InChI is InChI=1S/C30H37F2N5O4/c1-18-26(19(2)35-17-34-18)27(39)37-15-21-13-36(14-22(21)16-37)23-5-3-4-20(12-23)24(6-7-25(33)38)29(28(40)41)8-10-30(31,32)11-9-29/h3-5,12,17,21-22,24H,6-11,13-16H2,1-2H3,(H2,33,38)(H,40,41). The van der Waals surface area contributed by atoms with Crippen molar-refractivity contribution in [1.29, 1.82) is 0 Å². The lowest BCUT2D eigenvalue weighted by Gasteiger charge is -2.42. The van der Waals surface area contributed by atoms with E-state index in [1.54, 1.807) is 0 Å². The quantitative estimate of drug-likeness (QED) is 0.493. The van der Waals surface area contributed by atoms with E-state index in [1.807, 2.05) is 43.0 Å². The van der Waals surface area contributed by atoms with Crippen molar-refractivity contribution >= 4 is 23.5 Å². The molecule has 9 nitrogen and oxygen atoms in total. The van der Waals surface area contributed by atoms with E-state index >= 15 is 0 Å². The van der Waals surface area contributed by atoms with Crippen LogP contribution in [0.2, 0.25) is 0 Å². The van der Waals surface area contributed by atoms with E-state index in [1.165, 1.54) is 6.33 Å². The van der Waals surface area contributed by atoms with E-state index in [2.05, 4.69) is 14.9 Å². The Morgan fingerprint density at radius 2 is 1.63 bits per heavy atom. The van der Waals surface area contributed by atoms with Crippen LogP contribution in [0.1, 0.15) is 71.8 Å². The van der Waals surface area contributed by atoms with Crippen molar-refractivity contribution in [3.8, 4) is 0 Å². The maximum Gasteiger partial charge on any atom is 0.310 e. The van der Waals surface area contributed by atoms with Crippen LogP contribution in [0.3, 0.4) is 0 Å². The molecule has 220 valence electrons. The lowest BCUT2D eigenvalue weighted by atomic mass is 9.61. The Morgan fingerprint density at radius 1 is 1.02 bits per heavy atom. The molecule has 1 aromatic heterocycles. The van der Waals surface area contributed by atoms with Gasteiger partial charge in [-0.25, -0.2) is 18.7 Å². The van der Waals surface area contributed by atoms with Crippen molar-refractivity contribution in [3.05, 3.63) is 53.1 Å². The molecule has 1 aromatic carbocycles. The summed E-state index contributed by atoms with van der Waals surface area (Å²) in [5.74, 6) is -4.65. The largest absolute Gasteiger partial charge is 0.481 e. The summed E-state index contributed by atoms with van der Waals surface area (Å²) in [6.07, 6.45) is 0.311. The van der Waals surface area contributed by atoms with Crippen LogP contribution >= 0.6 is 0 Å². The van der Waals surface area contributed by atoms with Crippen LogP contribution in [0.5, 0.6) is 0 Å². The second kappa shape index (κ2) is 11.0. The second-order valence-electron chi connectivity index (χ2n) is 12.0. The van der Waals surface area contributed by atoms with Crippen LogP contribution in [0.4, 0.5) is 14.5 Å². The summed E-state index contributed by atoms with van der Waals surface area (Å²) >= 11 is 0. The lowest BCUT2D eigenvalue weighted by Crippen LogP contribution is -2.44. The Bertz CT molecular complexity index is 1310. The maximum absolute atomic E-state index is 14.1. The summed E-state index contributed by atoms with van der Waals surface area (Å²) in [5.41, 5.74) is 7.58. The molecule has 0 radical (unpaired) electrons. The summed E-state index contributed by atoms with van der Waals surface area (Å²) in [7, 11) is 0. The molecule has 3 fully saturated rings. The molecule has 3 unspecified atom stereocenters. The van der Waals surface area contributed by atoms with Crippen LogP contribution in [0, 0.1) is 31.1 Å². The number of nitrogens with zero attached hydrogens (tertiary/aromatic N) is 4. The van der Waals surface area contributed by atoms with Crippen molar-refractivity contribution < 1.29 is 28.3 Å². The zero-order chi connectivity index (χ0) is 29.5. The van der Waals surface area contributed by atoms with E-state index in [4.69, 9.17) is 5.73 Å². The molecule has 2 amide bonds. The molecular formula is C30H37F2N5O4. The number of carbonyl (C=O) groups excluding carboxylic acids is 2. The number of carboxylic acid groups (broad SMARTS) is 1. The van der Waals surface area contributed by atoms with Gasteiger partial charge in [-0.15, -0.1) is 0 Å². The summed E-state index contributed by atoms with van der Waals surface area (Å²) in [5, 5.41) is 10.3. The van der Waals surface area contributed by atoms with Gasteiger partial charge in [0.05, 0.1) is 22.4 Å². The number of aliphatic carboxylic acids is 1. The third kappa shape index (κ3) is 5.63. The van der Waals surface area contributed by atoms with E-state index in [0.717, 1.165) is 24.3 Å². The van der Waals surface area contributed by atoms with Gasteiger partial charge in [-0.05, 0) is 50.8 Å². The van der Waals surface area contributed by atoms with Gasteiger partial charge in [-0.2, -0.15) is 0 Å². The number of nitrogens with two attached hydrogens (primary N) is 1. The van der Waals surface area contributed by atoms with Crippen LogP contribution < -0.4 is 10.6 Å². The first-order valence-electron chi connectivity index (χ1n) is 14.2. The van der Waals surface area contributed by atoms with Crippen LogP contribution in [-0.4, -0.2) is 69.9 Å². The third-order valence-corrected chi connectivity index (χ3v) is 9.50. The zero-order valence-corrected chi connectivity index (χ0v) is 23.5. The number of anilines is 1. The zero-order valence-electron chi connectivity index (χ0n) is 23.5. The molecular weight excluding hydrogens is 532 g/mol. The number of halogens is 2. The van der Waals surface area contributed by atoms with E-state index in [9.17, 15) is 28.3 Å². The summed E-state index contributed by atoms with van der Waals surface area (Å²) in [6.45, 7) is 6.37. The minimum atomic E-state index is -2.89. The third-order valence-electron chi connectivity index (χ3n) is 9.50. The predicted molar refractivity (Wildman–Crippen MR) is 148 cm³/mol. The molecule has 5 rings (SSSR count). The van der Waals surface area contributed by atoms with Gasteiger partial charge in [-0.1, -0.05) is 12.1 Å². The molecule has 2 aliphatic heterocycles. The number of carboxylic acids is 1. The number of hydrogen-bond acceptors (Lipinski definition) is 6. The molecule has 3 N–H and O–H groups in total. The Morgan fingerprint density at radius 3 is 2.20 bits per heavy atom. The Labute approximate surface area is 238 Å². The number of fused-ring (bicyclic) bond motifs is 1. The van der Waals surface area contributed by atoms with Crippen molar-refractivity contribution in [2.24, 2.45) is 23.0 Å². The molecule has 41 heavy (non-hydrogen) atoms. The number of primary amides is 1. The number of aryl methyl sites for hydroxylation is 2. The fourth-order valence-corrected chi connectivity index (χ4v) is 7.19. The van der Waals surface area contributed by atoms with Gasteiger partial charge in [0.25, 0.3) is 5.91 Å². The first-order valence-corrected chi connectivity index (χ1v) is 14.2. The van der Waals surface area contributed by atoms with Crippen molar-refractivity contribution in [2.45, 2.75) is 64.2 Å². The topological polar surface area (TPSA) is 130 Å². The minimum absolute atomic E-state index is 0.0244. The second-order valence-corrected chi connectivity index (χ2v) is 12.0. The van der Waals surface area contributed by atoms with Crippen molar-refractivity contribution in [3.63, 3.8) is 0 Å². The number of rotatable bonds is 8. The Hall–Kier alpha value is -3.63. The number of hydrogen-bond donors (Lipinski definition) is 2. The van der Waals surface area contributed by atoms with Gasteiger partial charge >= 0.3 is 5.97 Å². The molecule has 11 heteroatoms. The number of alkyl halides is 2. The minimum Gasteiger partial charge on any atom is -0.481 e. The molecule has 2 aromatic rings. The summed E-state index contributed by atoms with van der Waals surface area (Å²) in [6, 6.07) is 7.60. The Balaban J connectivity index is 1.34. The SMILES string of the molecule is Cc1ncnc(C)c1C(=O)N1CC2CN(c3cccc(C(CCC(N)=O)C4(C(=O)O)CCC(F)(F)CC4)c3)CC2C1. The first kappa shape index (κ1) is 28.9. The lowest BCUT2D eigenvalue weighted by molar-refractivity contribution is -0.159. The highest BCUT2D eigenvalue weighted by atomic mass is 19.3. The highest BCUT2D eigenvalue weighted by Crippen LogP contribution is 2.53. The highest BCUT2D eigenvalue weighted by Gasteiger charge is 2.53. The van der Waals surface area contributed by atoms with Gasteiger partial charge in [0.1, 0.15) is 6.33 Å². The van der Waals surface area contributed by atoms with Gasteiger partial charge in [0, 0.05) is 68.9 Å². The number of carbonyl (C=O) groups is 3. The normalized spacial score (nSPS) is 23.7. The van der Waals surface area contributed by atoms with Crippen LogP contribution in [0.25, 0.3) is 0 Å². The van der Waals surface area contributed by atoms with Gasteiger partial charge in [0.2, 0.25) is 11.8 Å². The van der Waals surface area contributed by atoms with E-state index in [-0.39, 0.29) is 43.4 Å². The molecule has 3 atom stereocenters. The fourth-order valence-electron chi connectivity index (χ4n) is 7.19. The summed E-state index contributed by atoms with van der Waals surface area (Å²) in [4.78, 5) is 50.1. The highest BCUT2D eigenvalue weighted by molar-refractivity contribution is 5.96. The monoisotopic (exact) mass is 569 g/mol. The number of likely N-dealkylation sites (tertiary alicyclic amines) is 1. The van der Waals surface area contributed by atoms with E-state index in [0.29, 0.717) is 30.0 Å². The predicted octanol–water partition coefficient (Wildman–Crippen LogP) is 3.93. The molecule has 3 aliphatic rings. The number of aromatic nitrogens is 2. The van der Waals surface area contributed by atoms with Gasteiger partial charge < -0.3 is 20.6 Å². The van der Waals surface area contributed by atoms with Crippen LogP contribution in [0.15, 0.2) is 30.6 Å². The average molecular weight is 570 g/mol. The Kier molecular flexibility index (Phi) is 7.74. The van der Waals surface area contributed by atoms with Crippen molar-refractivity contribution in [2.75, 3.05) is 31.1 Å². The van der Waals surface area contributed by atoms with Gasteiger partial charge in [0.15, 0.2) is 0 Å². The molecule has 0 bridgehead atoms. The smallest absolute Gasteiger partial charge is 0.310 e. The summed E-state index contributed by atoms with van der Waals surface area (Å²) < 4.78 is 28.2. The van der Waals surface area contributed by atoms with Crippen molar-refractivity contribution in [1.82, 2.24) is 14.9 Å². The molecule has 0 spiro atoms. The molecule has 1 saturated carbocycles. The maximum atomic E-state index is 14.1. The number of amides is 2. The average Bonchev–Trinajstić information content (AvgIpc) is 3.49. The van der Waals surface area contributed by atoms with Gasteiger partial charge in [-0.3, -0.25) is 14.4 Å². The van der Waals surface area contributed by atoms with Crippen LogP contribution in [-0.2, 0) is 9.59 Å². The first-order chi connectivity index (χ1) is 19.4. The molecule has 2 saturated heterocycles.